The molecule has 2 aromatic carbocycles. The molecule has 0 aliphatic rings. The van der Waals surface area contributed by atoms with Crippen molar-refractivity contribution in [3.63, 3.8) is 0 Å². The van der Waals surface area contributed by atoms with E-state index >= 15 is 0 Å². The molecule has 0 aliphatic carbocycles. The summed E-state index contributed by atoms with van der Waals surface area (Å²) in [6.45, 7) is 18.2. The second-order valence-corrected chi connectivity index (χ2v) is 14.2. The van der Waals surface area contributed by atoms with Crippen molar-refractivity contribution in [3.8, 4) is 5.75 Å². The van der Waals surface area contributed by atoms with Gasteiger partial charge in [0.1, 0.15) is 11.6 Å². The Labute approximate surface area is 267 Å². The Balaban J connectivity index is 1.52. The van der Waals surface area contributed by atoms with E-state index in [0.29, 0.717) is 35.1 Å². The van der Waals surface area contributed by atoms with E-state index in [-0.39, 0.29) is 34.5 Å². The van der Waals surface area contributed by atoms with Crippen LogP contribution >= 0.6 is 11.8 Å². The monoisotopic (exact) mass is 623 g/mol. The van der Waals surface area contributed by atoms with Crippen LogP contribution in [0.3, 0.4) is 0 Å². The number of carbonyl (C=O) groups is 1. The van der Waals surface area contributed by atoms with Crippen LogP contribution in [0.15, 0.2) is 52.4 Å². The lowest BCUT2D eigenvalue weighted by atomic mass is 9.76. The smallest absolute Gasteiger partial charge is 0.257 e. The van der Waals surface area contributed by atoms with Gasteiger partial charge in [0.25, 0.3) is 5.56 Å². The van der Waals surface area contributed by atoms with Gasteiger partial charge in [0, 0.05) is 36.8 Å². The summed E-state index contributed by atoms with van der Waals surface area (Å²) in [6, 6.07) is 13.1. The number of carbonyl (C=O) groups excluding carboxylic acids is 1. The molecule has 3 rings (SSSR count). The number of rotatable bonds is 15. The number of nitrogens with one attached hydrogen (secondary N) is 1. The highest BCUT2D eigenvalue weighted by molar-refractivity contribution is 8.00. The fraction of sp³-hybridized carbons (Fsp3) is 0.528. The number of amides is 1. The lowest BCUT2D eigenvalue weighted by Crippen LogP contribution is -2.33. The first kappa shape index (κ1) is 35.4. The fourth-order valence-electron chi connectivity index (χ4n) is 4.85. The van der Waals surface area contributed by atoms with Crippen LogP contribution in [0.4, 0.5) is 4.39 Å². The highest BCUT2D eigenvalue weighted by Gasteiger charge is 2.27. The van der Waals surface area contributed by atoms with Crippen molar-refractivity contribution < 1.29 is 13.9 Å². The summed E-state index contributed by atoms with van der Waals surface area (Å²) in [5, 5.41) is 3.02. The van der Waals surface area contributed by atoms with E-state index in [0.717, 1.165) is 31.4 Å². The summed E-state index contributed by atoms with van der Waals surface area (Å²) in [5.74, 6) is 0.480. The Bertz CT molecular complexity index is 1500. The molecule has 3 aromatic rings. The minimum atomic E-state index is -0.439. The second-order valence-electron chi connectivity index (χ2n) is 12.9. The molecule has 0 fully saturated rings. The average Bonchev–Trinajstić information content (AvgIpc) is 3.00. The third-order valence-corrected chi connectivity index (χ3v) is 10.1. The number of halogens is 1. The van der Waals surface area contributed by atoms with Crippen LogP contribution in [0.2, 0.25) is 0 Å². The van der Waals surface area contributed by atoms with E-state index in [1.54, 1.807) is 39.1 Å². The number of hydrogen-bond acceptors (Lipinski definition) is 5. The van der Waals surface area contributed by atoms with Gasteiger partial charge in [0.05, 0.1) is 11.9 Å². The zero-order valence-corrected chi connectivity index (χ0v) is 28.8. The van der Waals surface area contributed by atoms with Gasteiger partial charge in [-0.3, -0.25) is 14.2 Å². The number of thioether (sulfide) groups is 1. The minimum Gasteiger partial charge on any atom is -0.493 e. The van der Waals surface area contributed by atoms with Gasteiger partial charge in [-0.1, -0.05) is 83.6 Å². The molecule has 0 aliphatic heterocycles. The highest BCUT2D eigenvalue weighted by Crippen LogP contribution is 2.38. The molecule has 8 heteroatoms. The standard InChI is InChI=1S/C36H50FN3O3S/c1-10-35(5,6)27-18-19-31(29(23-27)36(7,8)11-2)43-21-15-14-20-38-32(41)25(4)44-34-39-24(3)28(33(42)40(34)9)22-26-16-12-13-17-30(26)37/h12-13,16-19,23,25H,10-11,14-15,20-22H2,1-9H3,(H,38,41). The van der Waals surface area contributed by atoms with Crippen molar-refractivity contribution in [2.75, 3.05) is 13.2 Å². The third-order valence-electron chi connectivity index (χ3n) is 8.91. The number of ether oxygens (including phenoxy) is 1. The average molecular weight is 624 g/mol. The Morgan fingerprint density at radius 2 is 1.75 bits per heavy atom. The largest absolute Gasteiger partial charge is 0.493 e. The molecule has 0 bridgehead atoms. The predicted molar refractivity (Wildman–Crippen MR) is 180 cm³/mol. The topological polar surface area (TPSA) is 73.2 Å². The van der Waals surface area contributed by atoms with E-state index in [2.05, 4.69) is 70.0 Å². The molecule has 0 saturated heterocycles. The van der Waals surface area contributed by atoms with E-state index < -0.39 is 5.25 Å². The zero-order valence-electron chi connectivity index (χ0n) is 28.0. The molecule has 0 radical (unpaired) electrons. The lowest BCUT2D eigenvalue weighted by molar-refractivity contribution is -0.120. The first-order valence-corrected chi connectivity index (χ1v) is 16.6. The highest BCUT2D eigenvalue weighted by atomic mass is 32.2. The molecule has 1 N–H and O–H groups in total. The maximum absolute atomic E-state index is 14.2. The van der Waals surface area contributed by atoms with Crippen LogP contribution in [-0.2, 0) is 29.1 Å². The Morgan fingerprint density at radius 3 is 2.41 bits per heavy atom. The van der Waals surface area contributed by atoms with E-state index in [1.165, 1.54) is 33.5 Å². The van der Waals surface area contributed by atoms with Crippen molar-refractivity contribution in [1.82, 2.24) is 14.9 Å². The molecular weight excluding hydrogens is 573 g/mol. The number of nitrogens with zero attached hydrogens (tertiary/aromatic N) is 2. The molecular formula is C36H50FN3O3S. The Hall–Kier alpha value is -3.13. The molecule has 0 saturated carbocycles. The number of benzene rings is 2. The molecule has 1 aromatic heterocycles. The number of unbranched alkanes of at least 4 members (excludes halogenated alkanes) is 1. The normalized spacial score (nSPS) is 12.7. The van der Waals surface area contributed by atoms with Crippen LogP contribution in [0, 0.1) is 12.7 Å². The van der Waals surface area contributed by atoms with Gasteiger partial charge < -0.3 is 10.1 Å². The summed E-state index contributed by atoms with van der Waals surface area (Å²) in [5.41, 5.74) is 3.92. The van der Waals surface area contributed by atoms with Gasteiger partial charge in [0.15, 0.2) is 5.16 Å². The Morgan fingerprint density at radius 1 is 1.07 bits per heavy atom. The van der Waals surface area contributed by atoms with Crippen LogP contribution < -0.4 is 15.6 Å². The fourth-order valence-corrected chi connectivity index (χ4v) is 5.78. The van der Waals surface area contributed by atoms with E-state index in [1.807, 2.05) is 0 Å². The summed E-state index contributed by atoms with van der Waals surface area (Å²) in [6.07, 6.45) is 3.86. The molecule has 1 amide bonds. The van der Waals surface area contributed by atoms with Gasteiger partial charge in [-0.2, -0.15) is 0 Å². The SMILES string of the molecule is CCC(C)(C)c1ccc(OCCCCNC(=O)C(C)Sc2nc(C)c(Cc3ccccc3F)c(=O)n2C)c(C(C)(C)CC)c1. The zero-order chi connectivity index (χ0) is 32.7. The summed E-state index contributed by atoms with van der Waals surface area (Å²) in [4.78, 5) is 30.5. The molecule has 1 heterocycles. The van der Waals surface area contributed by atoms with E-state index in [4.69, 9.17) is 4.74 Å². The van der Waals surface area contributed by atoms with E-state index in [9.17, 15) is 14.0 Å². The molecule has 6 nitrogen and oxygen atoms in total. The maximum Gasteiger partial charge on any atom is 0.257 e. The van der Waals surface area contributed by atoms with Crippen LogP contribution in [0.5, 0.6) is 5.75 Å². The molecule has 240 valence electrons. The van der Waals surface area contributed by atoms with Crippen LogP contribution in [0.25, 0.3) is 0 Å². The third kappa shape index (κ3) is 8.74. The second kappa shape index (κ2) is 15.2. The van der Waals surface area contributed by atoms with Gasteiger partial charge in [0.2, 0.25) is 5.91 Å². The summed E-state index contributed by atoms with van der Waals surface area (Å²) >= 11 is 1.24. The molecule has 1 atom stereocenters. The van der Waals surface area contributed by atoms with Crippen molar-refractivity contribution in [2.24, 2.45) is 7.05 Å². The summed E-state index contributed by atoms with van der Waals surface area (Å²) in [7, 11) is 1.64. The van der Waals surface area contributed by atoms with Crippen LogP contribution in [0.1, 0.15) is 102 Å². The molecule has 44 heavy (non-hydrogen) atoms. The van der Waals surface area contributed by atoms with Gasteiger partial charge in [-0.25, -0.2) is 9.37 Å². The Kier molecular flexibility index (Phi) is 12.2. The van der Waals surface area contributed by atoms with Crippen molar-refractivity contribution in [1.29, 1.82) is 0 Å². The van der Waals surface area contributed by atoms with Crippen molar-refractivity contribution in [2.45, 2.75) is 109 Å². The quantitative estimate of drug-likeness (QED) is 0.107. The first-order chi connectivity index (χ1) is 20.7. The van der Waals surface area contributed by atoms with Gasteiger partial charge >= 0.3 is 0 Å². The van der Waals surface area contributed by atoms with Gasteiger partial charge in [-0.15, -0.1) is 0 Å². The molecule has 0 spiro atoms. The lowest BCUT2D eigenvalue weighted by Gasteiger charge is -2.30. The first-order valence-electron chi connectivity index (χ1n) is 15.7. The van der Waals surface area contributed by atoms with Crippen molar-refractivity contribution in [3.05, 3.63) is 86.6 Å². The van der Waals surface area contributed by atoms with Crippen LogP contribution in [-0.4, -0.2) is 33.9 Å². The number of aryl methyl sites for hydroxylation is 1. The minimum absolute atomic E-state index is 0.00791. The maximum atomic E-state index is 14.2. The van der Waals surface area contributed by atoms with Gasteiger partial charge in [-0.05, 0) is 73.6 Å². The van der Waals surface area contributed by atoms with Crippen molar-refractivity contribution >= 4 is 17.7 Å². The summed E-state index contributed by atoms with van der Waals surface area (Å²) < 4.78 is 21.9. The number of aromatic nitrogens is 2. The molecule has 1 unspecified atom stereocenters. The predicted octanol–water partition coefficient (Wildman–Crippen LogP) is 7.65. The number of hydrogen-bond donors (Lipinski definition) is 1.